The molecule has 0 aliphatic carbocycles. The third kappa shape index (κ3) is 1.88. The predicted octanol–water partition coefficient (Wildman–Crippen LogP) is 1.16. The van der Waals surface area contributed by atoms with Crippen LogP contribution in [0.4, 0.5) is 5.95 Å². The van der Waals surface area contributed by atoms with Crippen molar-refractivity contribution in [2.24, 2.45) is 5.92 Å². The average Bonchev–Trinajstić information content (AvgIpc) is 2.75. The van der Waals surface area contributed by atoms with Crippen LogP contribution in [0.2, 0.25) is 0 Å². The normalized spacial score (nSPS) is 20.1. The number of fused-ring (bicyclic) bond motifs is 1. The van der Waals surface area contributed by atoms with Crippen molar-refractivity contribution in [2.75, 3.05) is 18.0 Å². The van der Waals surface area contributed by atoms with Crippen LogP contribution in [-0.4, -0.2) is 28.0 Å². The molecule has 5 nitrogen and oxygen atoms in total. The Morgan fingerprint density at radius 2 is 2.35 bits per heavy atom. The van der Waals surface area contributed by atoms with Crippen molar-refractivity contribution in [1.29, 1.82) is 0 Å². The summed E-state index contributed by atoms with van der Waals surface area (Å²) >= 11 is 0. The molecule has 0 amide bonds. The fourth-order valence-electron chi connectivity index (χ4n) is 2.21. The van der Waals surface area contributed by atoms with Crippen LogP contribution in [0.5, 0.6) is 0 Å². The summed E-state index contributed by atoms with van der Waals surface area (Å²) in [6.45, 7) is 4.25. The molecule has 0 saturated carbocycles. The first-order chi connectivity index (χ1) is 8.22. The maximum Gasteiger partial charge on any atom is 0.248 e. The second-order valence-corrected chi connectivity index (χ2v) is 4.63. The van der Waals surface area contributed by atoms with Crippen molar-refractivity contribution in [1.82, 2.24) is 15.0 Å². The summed E-state index contributed by atoms with van der Waals surface area (Å²) in [5.41, 5.74) is 1.35. The Hall–Kier alpha value is -1.91. The van der Waals surface area contributed by atoms with E-state index in [4.69, 9.17) is 0 Å². The molecule has 1 atom stereocenters. The molecule has 0 spiro atoms. The molecule has 17 heavy (non-hydrogen) atoms. The van der Waals surface area contributed by atoms with Crippen LogP contribution in [0.25, 0.3) is 11.0 Å². The molecule has 2 aromatic heterocycles. The number of nitrogens with zero attached hydrogens (tertiary/aromatic N) is 3. The SMILES string of the molecule is CC1CCN(c2ncc3[nH]c(=O)ccc3n2)C1. The number of nitrogens with one attached hydrogen (secondary N) is 1. The lowest BCUT2D eigenvalue weighted by molar-refractivity contribution is 0.658. The van der Waals surface area contributed by atoms with Crippen LogP contribution in [0.1, 0.15) is 13.3 Å². The van der Waals surface area contributed by atoms with E-state index in [0.29, 0.717) is 11.4 Å². The van der Waals surface area contributed by atoms with Crippen molar-refractivity contribution in [3.63, 3.8) is 0 Å². The van der Waals surface area contributed by atoms with Gasteiger partial charge in [0, 0.05) is 19.2 Å². The first kappa shape index (κ1) is 10.3. The van der Waals surface area contributed by atoms with Crippen molar-refractivity contribution in [2.45, 2.75) is 13.3 Å². The van der Waals surface area contributed by atoms with E-state index in [1.807, 2.05) is 0 Å². The number of aromatic nitrogens is 3. The highest BCUT2D eigenvalue weighted by molar-refractivity contribution is 5.73. The van der Waals surface area contributed by atoms with E-state index in [0.717, 1.165) is 24.6 Å². The van der Waals surface area contributed by atoms with Crippen molar-refractivity contribution in [3.05, 3.63) is 28.7 Å². The summed E-state index contributed by atoms with van der Waals surface area (Å²) < 4.78 is 0. The van der Waals surface area contributed by atoms with Gasteiger partial charge in [-0.05, 0) is 18.4 Å². The monoisotopic (exact) mass is 230 g/mol. The lowest BCUT2D eigenvalue weighted by atomic mass is 10.2. The Bertz CT molecular complexity index is 607. The Morgan fingerprint density at radius 1 is 1.47 bits per heavy atom. The molecular formula is C12H14N4O. The lowest BCUT2D eigenvalue weighted by Gasteiger charge is -2.15. The topological polar surface area (TPSA) is 61.9 Å². The number of hydrogen-bond acceptors (Lipinski definition) is 4. The molecule has 1 aliphatic rings. The number of H-pyrrole nitrogens is 1. The molecule has 0 radical (unpaired) electrons. The zero-order valence-electron chi connectivity index (χ0n) is 9.68. The summed E-state index contributed by atoms with van der Waals surface area (Å²) in [6, 6.07) is 3.23. The fraction of sp³-hybridized carbons (Fsp3) is 0.417. The number of aromatic amines is 1. The molecule has 1 unspecified atom stereocenters. The smallest absolute Gasteiger partial charge is 0.248 e. The van der Waals surface area contributed by atoms with Crippen LogP contribution >= 0.6 is 0 Å². The van der Waals surface area contributed by atoms with Crippen molar-refractivity contribution in [3.8, 4) is 0 Å². The predicted molar refractivity (Wildman–Crippen MR) is 66.2 cm³/mol. The van der Waals surface area contributed by atoms with Gasteiger partial charge >= 0.3 is 0 Å². The van der Waals surface area contributed by atoms with E-state index in [-0.39, 0.29) is 5.56 Å². The number of hydrogen-bond donors (Lipinski definition) is 1. The highest BCUT2D eigenvalue weighted by Gasteiger charge is 2.20. The Balaban J connectivity index is 2.02. The first-order valence-corrected chi connectivity index (χ1v) is 5.83. The summed E-state index contributed by atoms with van der Waals surface area (Å²) in [7, 11) is 0. The van der Waals surface area contributed by atoms with Gasteiger partial charge < -0.3 is 9.88 Å². The molecular weight excluding hydrogens is 216 g/mol. The van der Waals surface area contributed by atoms with Crippen LogP contribution in [-0.2, 0) is 0 Å². The maximum absolute atomic E-state index is 11.1. The Labute approximate surface area is 98.5 Å². The third-order valence-corrected chi connectivity index (χ3v) is 3.16. The van der Waals surface area contributed by atoms with Crippen molar-refractivity contribution < 1.29 is 0 Å². The molecule has 88 valence electrons. The Kier molecular flexibility index (Phi) is 2.31. The lowest BCUT2D eigenvalue weighted by Crippen LogP contribution is -2.21. The van der Waals surface area contributed by atoms with E-state index >= 15 is 0 Å². The fourth-order valence-corrected chi connectivity index (χ4v) is 2.21. The van der Waals surface area contributed by atoms with E-state index in [9.17, 15) is 4.79 Å². The number of pyridine rings is 1. The molecule has 3 rings (SSSR count). The van der Waals surface area contributed by atoms with E-state index < -0.39 is 0 Å². The highest BCUT2D eigenvalue weighted by Crippen LogP contribution is 2.20. The molecule has 0 bridgehead atoms. The minimum atomic E-state index is -0.122. The van der Waals surface area contributed by atoms with Gasteiger partial charge in [-0.15, -0.1) is 0 Å². The van der Waals surface area contributed by atoms with Crippen molar-refractivity contribution >= 4 is 17.0 Å². The van der Waals surface area contributed by atoms with Crippen LogP contribution in [0, 0.1) is 5.92 Å². The molecule has 0 aromatic carbocycles. The number of rotatable bonds is 1. The van der Waals surface area contributed by atoms with Crippen LogP contribution < -0.4 is 10.5 Å². The second kappa shape index (κ2) is 3.84. The van der Waals surface area contributed by atoms with Gasteiger partial charge in [-0.2, -0.15) is 0 Å². The summed E-state index contributed by atoms with van der Waals surface area (Å²) in [4.78, 5) is 24.8. The Morgan fingerprint density at radius 3 is 3.12 bits per heavy atom. The van der Waals surface area contributed by atoms with Gasteiger partial charge in [0.1, 0.15) is 0 Å². The van der Waals surface area contributed by atoms with Gasteiger partial charge in [0.05, 0.1) is 17.2 Å². The molecule has 2 aromatic rings. The number of anilines is 1. The second-order valence-electron chi connectivity index (χ2n) is 4.63. The van der Waals surface area contributed by atoms with Gasteiger partial charge in [0.15, 0.2) is 0 Å². The first-order valence-electron chi connectivity index (χ1n) is 5.83. The van der Waals surface area contributed by atoms with Crippen LogP contribution in [0.15, 0.2) is 23.1 Å². The van der Waals surface area contributed by atoms with Gasteiger partial charge in [-0.25, -0.2) is 9.97 Å². The summed E-state index contributed by atoms with van der Waals surface area (Å²) in [6.07, 6.45) is 2.87. The molecule has 1 aliphatic heterocycles. The zero-order chi connectivity index (χ0) is 11.8. The van der Waals surface area contributed by atoms with E-state index in [2.05, 4.69) is 26.8 Å². The largest absolute Gasteiger partial charge is 0.341 e. The van der Waals surface area contributed by atoms with Gasteiger partial charge in [0.2, 0.25) is 11.5 Å². The molecule has 1 fully saturated rings. The quantitative estimate of drug-likeness (QED) is 0.798. The minimum Gasteiger partial charge on any atom is -0.341 e. The summed E-state index contributed by atoms with van der Waals surface area (Å²) in [5, 5.41) is 0. The van der Waals surface area contributed by atoms with Crippen LogP contribution in [0.3, 0.4) is 0 Å². The van der Waals surface area contributed by atoms with Gasteiger partial charge in [0.25, 0.3) is 0 Å². The van der Waals surface area contributed by atoms with E-state index in [1.54, 1.807) is 12.3 Å². The molecule has 5 heteroatoms. The standard InChI is InChI=1S/C12H14N4O/c1-8-4-5-16(7-8)12-13-6-10-9(15-12)2-3-11(17)14-10/h2-3,6,8H,4-5,7H2,1H3,(H,14,17). The highest BCUT2D eigenvalue weighted by atomic mass is 16.1. The maximum atomic E-state index is 11.1. The molecule has 1 saturated heterocycles. The van der Waals surface area contributed by atoms with Gasteiger partial charge in [-0.3, -0.25) is 4.79 Å². The molecule has 3 heterocycles. The van der Waals surface area contributed by atoms with Gasteiger partial charge in [-0.1, -0.05) is 6.92 Å². The van der Waals surface area contributed by atoms with E-state index in [1.165, 1.54) is 12.5 Å². The summed E-state index contributed by atoms with van der Waals surface area (Å²) in [5.74, 6) is 1.46. The third-order valence-electron chi connectivity index (χ3n) is 3.16. The molecule has 1 N–H and O–H groups in total. The average molecular weight is 230 g/mol. The zero-order valence-corrected chi connectivity index (χ0v) is 9.68. The minimum absolute atomic E-state index is 0.122.